The second-order valence-corrected chi connectivity index (χ2v) is 5.51. The van der Waals surface area contributed by atoms with Crippen molar-refractivity contribution in [2.45, 2.75) is 38.6 Å². The SMILES string of the molecule is CCOC(=O)N1CCC(NC(=O)CN2CCCC2)CC1. The van der Waals surface area contributed by atoms with Crippen LogP contribution >= 0.6 is 0 Å². The van der Waals surface area contributed by atoms with Crippen molar-refractivity contribution >= 4 is 12.0 Å². The molecule has 2 saturated heterocycles. The summed E-state index contributed by atoms with van der Waals surface area (Å²) >= 11 is 0. The predicted molar refractivity (Wildman–Crippen MR) is 75.4 cm³/mol. The van der Waals surface area contributed by atoms with E-state index in [4.69, 9.17) is 4.74 Å². The Balaban J connectivity index is 1.65. The average Bonchev–Trinajstić information content (AvgIpc) is 2.92. The maximum absolute atomic E-state index is 11.9. The molecule has 114 valence electrons. The van der Waals surface area contributed by atoms with Gasteiger partial charge in [-0.3, -0.25) is 9.69 Å². The zero-order valence-corrected chi connectivity index (χ0v) is 12.3. The van der Waals surface area contributed by atoms with Crippen LogP contribution in [0.4, 0.5) is 4.79 Å². The molecule has 0 saturated carbocycles. The minimum atomic E-state index is -0.241. The fourth-order valence-electron chi connectivity index (χ4n) is 2.84. The lowest BCUT2D eigenvalue weighted by Gasteiger charge is -2.31. The largest absolute Gasteiger partial charge is 0.450 e. The molecule has 0 atom stereocenters. The van der Waals surface area contributed by atoms with Crippen molar-refractivity contribution in [2.24, 2.45) is 0 Å². The first-order chi connectivity index (χ1) is 9.69. The third kappa shape index (κ3) is 4.37. The van der Waals surface area contributed by atoms with Crippen molar-refractivity contribution in [3.05, 3.63) is 0 Å². The number of hydrogen-bond donors (Lipinski definition) is 1. The van der Waals surface area contributed by atoms with Crippen molar-refractivity contribution in [3.8, 4) is 0 Å². The van der Waals surface area contributed by atoms with Crippen molar-refractivity contribution in [1.82, 2.24) is 15.1 Å². The van der Waals surface area contributed by atoms with Crippen LogP contribution in [0.25, 0.3) is 0 Å². The Kier molecular flexibility index (Phi) is 5.64. The van der Waals surface area contributed by atoms with E-state index in [1.165, 1.54) is 12.8 Å². The molecule has 2 fully saturated rings. The number of nitrogens with zero attached hydrogens (tertiary/aromatic N) is 2. The Morgan fingerprint density at radius 1 is 1.15 bits per heavy atom. The van der Waals surface area contributed by atoms with Crippen LogP contribution in [0.5, 0.6) is 0 Å². The minimum Gasteiger partial charge on any atom is -0.450 e. The summed E-state index contributed by atoms with van der Waals surface area (Å²) in [4.78, 5) is 27.4. The molecule has 0 unspecified atom stereocenters. The van der Waals surface area contributed by atoms with Crippen molar-refractivity contribution in [2.75, 3.05) is 39.3 Å². The third-order valence-corrected chi connectivity index (χ3v) is 3.95. The molecule has 0 aromatic rings. The van der Waals surface area contributed by atoms with Crippen LogP contribution in [0.15, 0.2) is 0 Å². The molecule has 0 aliphatic carbocycles. The fraction of sp³-hybridized carbons (Fsp3) is 0.857. The summed E-state index contributed by atoms with van der Waals surface area (Å²) in [7, 11) is 0. The van der Waals surface area contributed by atoms with Gasteiger partial charge in [-0.25, -0.2) is 4.79 Å². The molecule has 6 nitrogen and oxygen atoms in total. The number of rotatable bonds is 4. The lowest BCUT2D eigenvalue weighted by Crippen LogP contribution is -2.48. The molecule has 0 aromatic heterocycles. The van der Waals surface area contributed by atoms with Gasteiger partial charge in [0.05, 0.1) is 13.2 Å². The number of carbonyl (C=O) groups is 2. The highest BCUT2D eigenvalue weighted by molar-refractivity contribution is 5.78. The van der Waals surface area contributed by atoms with Gasteiger partial charge in [-0.15, -0.1) is 0 Å². The second-order valence-electron chi connectivity index (χ2n) is 5.51. The number of likely N-dealkylation sites (tertiary alicyclic amines) is 2. The van der Waals surface area contributed by atoms with Crippen molar-refractivity contribution < 1.29 is 14.3 Å². The number of hydrogen-bond acceptors (Lipinski definition) is 4. The monoisotopic (exact) mass is 283 g/mol. The smallest absolute Gasteiger partial charge is 0.409 e. The summed E-state index contributed by atoms with van der Waals surface area (Å²) in [5.41, 5.74) is 0. The number of nitrogens with one attached hydrogen (secondary N) is 1. The first-order valence-electron chi connectivity index (χ1n) is 7.62. The van der Waals surface area contributed by atoms with Crippen LogP contribution < -0.4 is 5.32 Å². The molecule has 0 aromatic carbocycles. The second kappa shape index (κ2) is 7.47. The maximum atomic E-state index is 11.9. The highest BCUT2D eigenvalue weighted by Crippen LogP contribution is 2.12. The Morgan fingerprint density at radius 3 is 2.40 bits per heavy atom. The van der Waals surface area contributed by atoms with Crippen molar-refractivity contribution in [3.63, 3.8) is 0 Å². The van der Waals surface area contributed by atoms with E-state index in [-0.39, 0.29) is 18.0 Å². The first-order valence-corrected chi connectivity index (χ1v) is 7.62. The molecule has 0 radical (unpaired) electrons. The van der Waals surface area contributed by atoms with Gasteiger partial charge in [0.2, 0.25) is 5.91 Å². The molecule has 0 spiro atoms. The molecule has 2 amide bonds. The zero-order chi connectivity index (χ0) is 14.4. The Labute approximate surface area is 120 Å². The molecule has 6 heteroatoms. The molecule has 2 rings (SSSR count). The number of ether oxygens (including phenoxy) is 1. The van der Waals surface area contributed by atoms with E-state index in [0.717, 1.165) is 25.9 Å². The molecule has 2 heterocycles. The Morgan fingerprint density at radius 2 is 1.80 bits per heavy atom. The van der Waals surface area contributed by atoms with Gasteiger partial charge in [0, 0.05) is 19.1 Å². The number of piperidine rings is 1. The minimum absolute atomic E-state index is 0.112. The summed E-state index contributed by atoms with van der Waals surface area (Å²) in [5.74, 6) is 0.112. The van der Waals surface area contributed by atoms with Crippen LogP contribution in [0.2, 0.25) is 0 Å². The molecule has 2 aliphatic heterocycles. The van der Waals surface area contributed by atoms with Crippen LogP contribution in [-0.2, 0) is 9.53 Å². The molecule has 2 aliphatic rings. The first kappa shape index (κ1) is 15.1. The zero-order valence-electron chi connectivity index (χ0n) is 12.3. The lowest BCUT2D eigenvalue weighted by molar-refractivity contribution is -0.123. The standard InChI is InChI=1S/C14H25N3O3/c1-2-20-14(19)17-9-5-12(6-10-17)15-13(18)11-16-7-3-4-8-16/h12H,2-11H2,1H3,(H,15,18). The van der Waals surface area contributed by atoms with E-state index >= 15 is 0 Å². The highest BCUT2D eigenvalue weighted by atomic mass is 16.6. The lowest BCUT2D eigenvalue weighted by atomic mass is 10.1. The van der Waals surface area contributed by atoms with Gasteiger partial charge >= 0.3 is 6.09 Å². The molecular formula is C14H25N3O3. The van der Waals surface area contributed by atoms with Gasteiger partial charge in [-0.2, -0.15) is 0 Å². The number of amides is 2. The predicted octanol–water partition coefficient (Wildman–Crippen LogP) is 0.819. The topological polar surface area (TPSA) is 61.9 Å². The van der Waals surface area contributed by atoms with E-state index in [1.807, 2.05) is 6.92 Å². The summed E-state index contributed by atoms with van der Waals surface area (Å²) in [6.45, 7) is 6.12. The average molecular weight is 283 g/mol. The number of carbonyl (C=O) groups excluding carboxylic acids is 2. The van der Waals surface area contributed by atoms with Gasteiger partial charge in [0.1, 0.15) is 0 Å². The molecule has 20 heavy (non-hydrogen) atoms. The Bertz CT molecular complexity index is 335. The summed E-state index contributed by atoms with van der Waals surface area (Å²) in [5, 5.41) is 3.08. The van der Waals surface area contributed by atoms with E-state index in [1.54, 1.807) is 4.90 Å². The van der Waals surface area contributed by atoms with Gasteiger partial charge in [-0.1, -0.05) is 0 Å². The van der Waals surface area contributed by atoms with Gasteiger partial charge in [0.15, 0.2) is 0 Å². The molecular weight excluding hydrogens is 258 g/mol. The summed E-state index contributed by atoms with van der Waals surface area (Å²) in [6.07, 6.45) is 3.78. The van der Waals surface area contributed by atoms with Crippen LogP contribution in [0.1, 0.15) is 32.6 Å². The van der Waals surface area contributed by atoms with E-state index in [0.29, 0.717) is 26.2 Å². The Hall–Kier alpha value is -1.30. The van der Waals surface area contributed by atoms with Crippen LogP contribution in [0.3, 0.4) is 0 Å². The fourth-order valence-corrected chi connectivity index (χ4v) is 2.84. The molecule has 0 bridgehead atoms. The molecule has 1 N–H and O–H groups in total. The summed E-state index contributed by atoms with van der Waals surface area (Å²) < 4.78 is 4.98. The van der Waals surface area contributed by atoms with Crippen LogP contribution in [-0.4, -0.2) is 67.2 Å². The summed E-state index contributed by atoms with van der Waals surface area (Å²) in [6, 6.07) is 0.191. The van der Waals surface area contributed by atoms with E-state index in [9.17, 15) is 9.59 Å². The van der Waals surface area contributed by atoms with Crippen molar-refractivity contribution in [1.29, 1.82) is 0 Å². The quantitative estimate of drug-likeness (QED) is 0.830. The normalized spacial score (nSPS) is 20.9. The van der Waals surface area contributed by atoms with Gasteiger partial charge in [0.25, 0.3) is 0 Å². The third-order valence-electron chi connectivity index (χ3n) is 3.95. The van der Waals surface area contributed by atoms with E-state index in [2.05, 4.69) is 10.2 Å². The highest BCUT2D eigenvalue weighted by Gasteiger charge is 2.25. The van der Waals surface area contributed by atoms with Gasteiger partial charge in [-0.05, 0) is 45.7 Å². The van der Waals surface area contributed by atoms with E-state index < -0.39 is 0 Å². The van der Waals surface area contributed by atoms with Gasteiger partial charge < -0.3 is 15.0 Å². The maximum Gasteiger partial charge on any atom is 0.409 e. The van der Waals surface area contributed by atoms with Crippen LogP contribution in [0, 0.1) is 0 Å².